The number of likely N-dealkylation sites (tertiary alicyclic amines) is 1. The van der Waals surface area contributed by atoms with E-state index in [4.69, 9.17) is 14.2 Å². The van der Waals surface area contributed by atoms with Crippen LogP contribution in [0.15, 0.2) is 18.2 Å². The molecule has 0 bridgehead atoms. The minimum absolute atomic E-state index is 0.198. The highest BCUT2D eigenvalue weighted by atomic mass is 16.7. The van der Waals surface area contributed by atoms with Crippen LogP contribution in [0.2, 0.25) is 0 Å². The lowest BCUT2D eigenvalue weighted by Gasteiger charge is -2.23. The van der Waals surface area contributed by atoms with Crippen molar-refractivity contribution in [3.8, 4) is 11.5 Å². The van der Waals surface area contributed by atoms with Crippen molar-refractivity contribution in [1.29, 1.82) is 0 Å². The molecule has 5 nitrogen and oxygen atoms in total. The summed E-state index contributed by atoms with van der Waals surface area (Å²) < 4.78 is 15.8. The van der Waals surface area contributed by atoms with Gasteiger partial charge in [0.15, 0.2) is 11.5 Å². The van der Waals surface area contributed by atoms with Gasteiger partial charge in [0.1, 0.15) is 0 Å². The normalized spacial score (nSPS) is 20.2. The Hall–Kier alpha value is -1.91. The van der Waals surface area contributed by atoms with Gasteiger partial charge in [0.2, 0.25) is 6.79 Å². The molecule has 108 valence electrons. The summed E-state index contributed by atoms with van der Waals surface area (Å²) in [5.41, 5.74) is 1.16. The SMILES string of the molecule is CCOC(=O)N1CCC[C@@H]1Cc1ccc2c(c1)OCO2. The highest BCUT2D eigenvalue weighted by Gasteiger charge is 2.30. The van der Waals surface area contributed by atoms with Gasteiger partial charge in [-0.1, -0.05) is 6.07 Å². The molecule has 3 rings (SSSR count). The molecule has 5 heteroatoms. The number of carbonyl (C=O) groups is 1. The minimum Gasteiger partial charge on any atom is -0.454 e. The van der Waals surface area contributed by atoms with Gasteiger partial charge in [-0.05, 0) is 43.9 Å². The number of amides is 1. The van der Waals surface area contributed by atoms with Crippen LogP contribution in [0.1, 0.15) is 25.3 Å². The highest BCUT2D eigenvalue weighted by molar-refractivity contribution is 5.68. The van der Waals surface area contributed by atoms with Crippen molar-refractivity contribution in [2.45, 2.75) is 32.2 Å². The van der Waals surface area contributed by atoms with Gasteiger partial charge in [0, 0.05) is 12.6 Å². The van der Waals surface area contributed by atoms with Crippen molar-refractivity contribution in [3.05, 3.63) is 23.8 Å². The zero-order chi connectivity index (χ0) is 13.9. The average molecular weight is 277 g/mol. The van der Waals surface area contributed by atoms with Gasteiger partial charge in [-0.15, -0.1) is 0 Å². The molecule has 0 spiro atoms. The molecule has 2 heterocycles. The monoisotopic (exact) mass is 277 g/mol. The van der Waals surface area contributed by atoms with E-state index in [2.05, 4.69) is 0 Å². The van der Waals surface area contributed by atoms with Crippen LogP contribution in [0.5, 0.6) is 11.5 Å². The first-order chi connectivity index (χ1) is 9.78. The van der Waals surface area contributed by atoms with Crippen LogP contribution >= 0.6 is 0 Å². The van der Waals surface area contributed by atoms with Crippen LogP contribution in [0.3, 0.4) is 0 Å². The molecule has 1 aromatic rings. The fourth-order valence-corrected chi connectivity index (χ4v) is 2.83. The molecular weight excluding hydrogens is 258 g/mol. The number of benzene rings is 1. The van der Waals surface area contributed by atoms with E-state index >= 15 is 0 Å². The van der Waals surface area contributed by atoms with Gasteiger partial charge in [-0.3, -0.25) is 0 Å². The van der Waals surface area contributed by atoms with Gasteiger partial charge in [-0.2, -0.15) is 0 Å². The smallest absolute Gasteiger partial charge is 0.410 e. The summed E-state index contributed by atoms with van der Waals surface area (Å²) >= 11 is 0. The van der Waals surface area contributed by atoms with E-state index in [1.165, 1.54) is 0 Å². The fourth-order valence-electron chi connectivity index (χ4n) is 2.83. The number of nitrogens with zero attached hydrogens (tertiary/aromatic N) is 1. The lowest BCUT2D eigenvalue weighted by molar-refractivity contribution is 0.103. The summed E-state index contributed by atoms with van der Waals surface area (Å²) in [4.78, 5) is 13.7. The highest BCUT2D eigenvalue weighted by Crippen LogP contribution is 2.33. The van der Waals surface area contributed by atoms with E-state index in [1.54, 1.807) is 0 Å². The molecule has 1 fully saturated rings. The zero-order valence-electron chi connectivity index (χ0n) is 11.6. The molecule has 0 aliphatic carbocycles. The second-order valence-corrected chi connectivity index (χ2v) is 5.08. The molecule has 0 N–H and O–H groups in total. The molecular formula is C15H19NO4. The molecule has 0 saturated carbocycles. The molecule has 2 aliphatic rings. The first-order valence-corrected chi connectivity index (χ1v) is 7.10. The maximum absolute atomic E-state index is 11.9. The minimum atomic E-state index is -0.198. The number of hydrogen-bond donors (Lipinski definition) is 0. The number of hydrogen-bond acceptors (Lipinski definition) is 4. The number of carbonyl (C=O) groups excluding carboxylic acids is 1. The Morgan fingerprint density at radius 1 is 1.40 bits per heavy atom. The van der Waals surface area contributed by atoms with E-state index in [0.717, 1.165) is 42.9 Å². The first-order valence-electron chi connectivity index (χ1n) is 7.10. The number of ether oxygens (including phenoxy) is 3. The third kappa shape index (κ3) is 2.53. The molecule has 20 heavy (non-hydrogen) atoms. The second kappa shape index (κ2) is 5.61. The predicted molar refractivity (Wildman–Crippen MR) is 73.0 cm³/mol. The Morgan fingerprint density at radius 2 is 2.25 bits per heavy atom. The first kappa shape index (κ1) is 13.1. The molecule has 1 aromatic carbocycles. The Labute approximate surface area is 118 Å². The van der Waals surface area contributed by atoms with E-state index in [9.17, 15) is 4.79 Å². The van der Waals surface area contributed by atoms with Crippen molar-refractivity contribution >= 4 is 6.09 Å². The molecule has 1 atom stereocenters. The van der Waals surface area contributed by atoms with E-state index in [-0.39, 0.29) is 18.9 Å². The Balaban J connectivity index is 1.69. The van der Waals surface area contributed by atoms with Gasteiger partial charge >= 0.3 is 6.09 Å². The largest absolute Gasteiger partial charge is 0.454 e. The van der Waals surface area contributed by atoms with Crippen molar-refractivity contribution in [3.63, 3.8) is 0 Å². The van der Waals surface area contributed by atoms with Crippen molar-refractivity contribution in [2.75, 3.05) is 19.9 Å². The van der Waals surface area contributed by atoms with Gasteiger partial charge in [0.05, 0.1) is 6.61 Å². The van der Waals surface area contributed by atoms with E-state index in [1.807, 2.05) is 30.0 Å². The lowest BCUT2D eigenvalue weighted by atomic mass is 10.0. The molecule has 0 radical (unpaired) electrons. The van der Waals surface area contributed by atoms with Crippen molar-refractivity contribution in [2.24, 2.45) is 0 Å². The predicted octanol–water partition coefficient (Wildman–Crippen LogP) is 2.58. The van der Waals surface area contributed by atoms with E-state index < -0.39 is 0 Å². The topological polar surface area (TPSA) is 48.0 Å². The van der Waals surface area contributed by atoms with Crippen LogP contribution in [0, 0.1) is 0 Å². The summed E-state index contributed by atoms with van der Waals surface area (Å²) in [7, 11) is 0. The number of fused-ring (bicyclic) bond motifs is 1. The van der Waals surface area contributed by atoms with Crippen LogP contribution in [0.4, 0.5) is 4.79 Å². The van der Waals surface area contributed by atoms with Crippen LogP contribution in [-0.2, 0) is 11.2 Å². The second-order valence-electron chi connectivity index (χ2n) is 5.08. The molecule has 0 aromatic heterocycles. The van der Waals surface area contributed by atoms with Crippen LogP contribution in [0.25, 0.3) is 0 Å². The zero-order valence-corrected chi connectivity index (χ0v) is 11.6. The van der Waals surface area contributed by atoms with Crippen molar-refractivity contribution < 1.29 is 19.0 Å². The summed E-state index contributed by atoms with van der Waals surface area (Å²) in [6.07, 6.45) is 2.69. The van der Waals surface area contributed by atoms with Gasteiger partial charge < -0.3 is 19.1 Å². The maximum atomic E-state index is 11.9. The average Bonchev–Trinajstić information content (AvgIpc) is 3.07. The summed E-state index contributed by atoms with van der Waals surface area (Å²) in [6, 6.07) is 6.19. The van der Waals surface area contributed by atoms with Crippen LogP contribution < -0.4 is 9.47 Å². The molecule has 1 saturated heterocycles. The molecule has 2 aliphatic heterocycles. The summed E-state index contributed by atoms with van der Waals surface area (Å²) in [5.74, 6) is 1.59. The molecule has 0 unspecified atom stereocenters. The molecule has 1 amide bonds. The lowest BCUT2D eigenvalue weighted by Crippen LogP contribution is -2.37. The fraction of sp³-hybridized carbons (Fsp3) is 0.533. The van der Waals surface area contributed by atoms with E-state index in [0.29, 0.717) is 6.61 Å². The summed E-state index contributed by atoms with van der Waals surface area (Å²) in [5, 5.41) is 0. The van der Waals surface area contributed by atoms with Gasteiger partial charge in [-0.25, -0.2) is 4.79 Å². The third-order valence-electron chi connectivity index (χ3n) is 3.79. The quantitative estimate of drug-likeness (QED) is 0.852. The third-order valence-corrected chi connectivity index (χ3v) is 3.79. The van der Waals surface area contributed by atoms with Crippen LogP contribution in [-0.4, -0.2) is 37.0 Å². The Kier molecular flexibility index (Phi) is 3.67. The maximum Gasteiger partial charge on any atom is 0.410 e. The Morgan fingerprint density at radius 3 is 3.10 bits per heavy atom. The van der Waals surface area contributed by atoms with Gasteiger partial charge in [0.25, 0.3) is 0 Å². The Bertz CT molecular complexity index is 503. The number of rotatable bonds is 3. The van der Waals surface area contributed by atoms with Crippen molar-refractivity contribution in [1.82, 2.24) is 4.90 Å². The standard InChI is InChI=1S/C15H19NO4/c1-2-18-15(17)16-7-3-4-12(16)8-11-5-6-13-14(9-11)20-10-19-13/h5-6,9,12H,2-4,7-8,10H2,1H3/t12-/m1/s1. The summed E-state index contributed by atoms with van der Waals surface area (Å²) in [6.45, 7) is 3.33.